The Morgan fingerprint density at radius 2 is 1.78 bits per heavy atom. The summed E-state index contributed by atoms with van der Waals surface area (Å²) < 4.78 is 25.1. The van der Waals surface area contributed by atoms with Crippen molar-refractivity contribution >= 4 is 33.0 Å². The van der Waals surface area contributed by atoms with Crippen molar-refractivity contribution in [3.05, 3.63) is 64.7 Å². The Bertz CT molecular complexity index is 846. The van der Waals surface area contributed by atoms with Crippen LogP contribution in [0, 0.1) is 0 Å². The number of hydrogen-bond donors (Lipinski definition) is 0. The highest BCUT2D eigenvalue weighted by Crippen LogP contribution is 2.39. The molecule has 6 heteroatoms. The number of halogens is 1. The van der Waals surface area contributed by atoms with E-state index in [9.17, 15) is 13.2 Å². The van der Waals surface area contributed by atoms with Crippen molar-refractivity contribution in [3.63, 3.8) is 0 Å². The van der Waals surface area contributed by atoms with Crippen molar-refractivity contribution < 1.29 is 13.2 Å². The van der Waals surface area contributed by atoms with Gasteiger partial charge in [0.15, 0.2) is 15.2 Å². The maximum Gasteiger partial charge on any atom is 0.243 e. The Morgan fingerprint density at radius 1 is 1.13 bits per heavy atom. The first-order chi connectivity index (χ1) is 10.9. The highest BCUT2D eigenvalue weighted by Gasteiger charge is 2.46. The molecule has 0 aromatic heterocycles. The number of amides is 1. The molecule has 1 heterocycles. The van der Waals surface area contributed by atoms with Gasteiger partial charge in [-0.2, -0.15) is 0 Å². The van der Waals surface area contributed by atoms with Crippen LogP contribution in [-0.4, -0.2) is 20.1 Å². The summed E-state index contributed by atoms with van der Waals surface area (Å²) in [4.78, 5) is 13.8. The molecule has 0 bridgehead atoms. The van der Waals surface area contributed by atoms with Gasteiger partial charge in [-0.15, -0.1) is 0 Å². The molecule has 0 spiro atoms. The van der Waals surface area contributed by atoms with Gasteiger partial charge < -0.3 is 0 Å². The molecule has 3 rings (SSSR count). The van der Waals surface area contributed by atoms with Crippen molar-refractivity contribution in [1.29, 1.82) is 0 Å². The molecule has 120 valence electrons. The number of hydrogen-bond acceptors (Lipinski definition) is 3. The molecule has 1 aliphatic rings. The first-order valence-electron chi connectivity index (χ1n) is 7.31. The van der Waals surface area contributed by atoms with E-state index in [-0.39, 0.29) is 0 Å². The number of benzene rings is 2. The minimum atomic E-state index is -3.59. The van der Waals surface area contributed by atoms with Crippen LogP contribution in [0.1, 0.15) is 23.4 Å². The lowest BCUT2D eigenvalue weighted by Crippen LogP contribution is -2.30. The fourth-order valence-electron chi connectivity index (χ4n) is 2.90. The van der Waals surface area contributed by atoms with Gasteiger partial charge in [0.2, 0.25) is 5.91 Å². The predicted molar refractivity (Wildman–Crippen MR) is 91.3 cm³/mol. The van der Waals surface area contributed by atoms with Gasteiger partial charge in [-0.3, -0.25) is 9.69 Å². The van der Waals surface area contributed by atoms with E-state index >= 15 is 0 Å². The molecule has 0 N–H and O–H groups in total. The number of nitrogens with zero attached hydrogens (tertiary/aromatic N) is 1. The average Bonchev–Trinajstić information content (AvgIpc) is 2.77. The van der Waals surface area contributed by atoms with Gasteiger partial charge >= 0.3 is 0 Å². The van der Waals surface area contributed by atoms with Crippen LogP contribution in [-0.2, 0) is 21.1 Å². The smallest absolute Gasteiger partial charge is 0.243 e. The zero-order chi connectivity index (χ0) is 16.6. The summed E-state index contributed by atoms with van der Waals surface area (Å²) in [6.07, 6.45) is 0.716. The number of sulfone groups is 1. The third-order valence-corrected chi connectivity index (χ3v) is 6.02. The van der Waals surface area contributed by atoms with Crippen LogP contribution < -0.4 is 4.90 Å². The summed E-state index contributed by atoms with van der Waals surface area (Å²) in [5, 5.41) is -0.476. The number of carbonyl (C=O) groups is 1. The summed E-state index contributed by atoms with van der Waals surface area (Å²) in [6.45, 7) is 1.98. The highest BCUT2D eigenvalue weighted by atomic mass is 35.5. The van der Waals surface area contributed by atoms with Crippen molar-refractivity contribution in [2.45, 2.75) is 18.7 Å². The second kappa shape index (κ2) is 5.98. The molecule has 1 atom stereocenters. The number of aryl methyl sites for hydroxylation is 1. The molecular weight excluding hydrogens is 334 g/mol. The van der Waals surface area contributed by atoms with Crippen molar-refractivity contribution in [3.8, 4) is 0 Å². The maximum absolute atomic E-state index is 12.5. The lowest BCUT2D eigenvalue weighted by Gasteiger charge is -2.26. The van der Waals surface area contributed by atoms with Crippen molar-refractivity contribution in [2.24, 2.45) is 0 Å². The Kier molecular flexibility index (Phi) is 4.17. The SMILES string of the molecule is CCc1ccccc1N1C(=O)CS(=O)(=O)[C@@H]1c1ccc(Cl)cc1. The fourth-order valence-corrected chi connectivity index (χ4v) is 4.79. The third kappa shape index (κ3) is 2.86. The van der Waals surface area contributed by atoms with Gasteiger partial charge in [-0.25, -0.2) is 8.42 Å². The standard InChI is InChI=1S/C17H16ClNO3S/c1-2-12-5-3-4-6-15(12)19-16(20)11-23(21,22)17(19)13-7-9-14(18)10-8-13/h3-10,17H,2,11H2,1H3/t17-/m1/s1. The average molecular weight is 350 g/mol. The topological polar surface area (TPSA) is 54.5 Å². The predicted octanol–water partition coefficient (Wildman–Crippen LogP) is 3.36. The molecule has 23 heavy (non-hydrogen) atoms. The van der Waals surface area contributed by atoms with Gasteiger partial charge in [0, 0.05) is 10.7 Å². The number of carbonyl (C=O) groups excluding carboxylic acids is 1. The maximum atomic E-state index is 12.5. The zero-order valence-corrected chi connectivity index (χ0v) is 14.1. The van der Waals surface area contributed by atoms with E-state index in [1.54, 1.807) is 30.3 Å². The molecule has 2 aromatic carbocycles. The zero-order valence-electron chi connectivity index (χ0n) is 12.6. The molecule has 0 saturated carbocycles. The Balaban J connectivity index is 2.17. The number of para-hydroxylation sites is 1. The fraction of sp³-hybridized carbons (Fsp3) is 0.235. The first kappa shape index (κ1) is 16.0. The van der Waals surface area contributed by atoms with Gasteiger partial charge in [0.25, 0.3) is 0 Å². The summed E-state index contributed by atoms with van der Waals surface area (Å²) >= 11 is 5.89. The van der Waals surface area contributed by atoms with Crippen LogP contribution in [0.3, 0.4) is 0 Å². The van der Waals surface area contributed by atoms with Crippen LogP contribution >= 0.6 is 11.6 Å². The third-order valence-electron chi connectivity index (χ3n) is 3.96. The van der Waals surface area contributed by atoms with Gasteiger partial charge in [0.1, 0.15) is 5.75 Å². The van der Waals surface area contributed by atoms with E-state index < -0.39 is 26.9 Å². The molecule has 4 nitrogen and oxygen atoms in total. The van der Waals surface area contributed by atoms with Crippen LogP contribution in [0.4, 0.5) is 5.69 Å². The van der Waals surface area contributed by atoms with E-state index in [0.717, 1.165) is 5.56 Å². The van der Waals surface area contributed by atoms with Crippen LogP contribution in [0.15, 0.2) is 48.5 Å². The second-order valence-electron chi connectivity index (χ2n) is 5.46. The van der Waals surface area contributed by atoms with Crippen LogP contribution in [0.25, 0.3) is 0 Å². The number of anilines is 1. The molecule has 1 aliphatic heterocycles. The number of rotatable bonds is 3. The van der Waals surface area contributed by atoms with E-state index in [2.05, 4.69) is 0 Å². The Labute approximate surface area is 140 Å². The molecule has 1 amide bonds. The summed E-state index contributed by atoms with van der Waals surface area (Å²) in [5.41, 5.74) is 2.14. The molecule has 1 saturated heterocycles. The summed E-state index contributed by atoms with van der Waals surface area (Å²) in [5.74, 6) is -0.871. The normalized spacial score (nSPS) is 20.0. The van der Waals surface area contributed by atoms with Gasteiger partial charge in [0.05, 0.1) is 0 Å². The monoisotopic (exact) mass is 349 g/mol. The molecule has 0 aliphatic carbocycles. The Hall–Kier alpha value is -1.85. The summed E-state index contributed by atoms with van der Waals surface area (Å²) in [6, 6.07) is 14.0. The van der Waals surface area contributed by atoms with E-state index in [4.69, 9.17) is 11.6 Å². The lowest BCUT2D eigenvalue weighted by atomic mass is 10.1. The minimum absolute atomic E-state index is 0.397. The largest absolute Gasteiger partial charge is 0.289 e. The van der Waals surface area contributed by atoms with Crippen molar-refractivity contribution in [2.75, 3.05) is 10.7 Å². The lowest BCUT2D eigenvalue weighted by molar-refractivity contribution is -0.115. The first-order valence-corrected chi connectivity index (χ1v) is 9.40. The molecule has 0 unspecified atom stereocenters. The van der Waals surface area contributed by atoms with Crippen LogP contribution in [0.5, 0.6) is 0 Å². The molecule has 0 radical (unpaired) electrons. The molecule has 1 fully saturated rings. The van der Waals surface area contributed by atoms with Gasteiger partial charge in [-0.1, -0.05) is 48.9 Å². The van der Waals surface area contributed by atoms with Gasteiger partial charge in [-0.05, 0) is 35.7 Å². The highest BCUT2D eigenvalue weighted by molar-refractivity contribution is 7.93. The minimum Gasteiger partial charge on any atom is -0.289 e. The second-order valence-corrected chi connectivity index (χ2v) is 7.95. The van der Waals surface area contributed by atoms with E-state index in [1.807, 2.05) is 25.1 Å². The van der Waals surface area contributed by atoms with Crippen molar-refractivity contribution in [1.82, 2.24) is 0 Å². The molecular formula is C17H16ClNO3S. The molecule has 2 aromatic rings. The summed E-state index contributed by atoms with van der Waals surface area (Å²) in [7, 11) is -3.59. The van der Waals surface area contributed by atoms with E-state index in [0.29, 0.717) is 22.7 Å². The van der Waals surface area contributed by atoms with Crippen LogP contribution in [0.2, 0.25) is 5.02 Å². The van der Waals surface area contributed by atoms with E-state index in [1.165, 1.54) is 4.90 Å². The Morgan fingerprint density at radius 3 is 2.43 bits per heavy atom. The quantitative estimate of drug-likeness (QED) is 0.853.